The molecule has 0 aliphatic carbocycles. The number of aryl methyl sites for hydroxylation is 1. The molecule has 0 atom stereocenters. The molecule has 5 rings (SSSR count). The van der Waals surface area contributed by atoms with Crippen LogP contribution in [0.1, 0.15) is 24.7 Å². The number of hydrogen-bond acceptors (Lipinski definition) is 3. The number of benzene rings is 2. The Balaban J connectivity index is 1.60. The zero-order valence-electron chi connectivity index (χ0n) is 14.2. The van der Waals surface area contributed by atoms with Crippen molar-refractivity contribution in [1.82, 2.24) is 9.55 Å². The van der Waals surface area contributed by atoms with E-state index in [0.717, 1.165) is 37.4 Å². The number of aromatic nitrogens is 2. The molecule has 0 bridgehead atoms. The first-order valence-electron chi connectivity index (χ1n) is 8.85. The second-order valence-electron chi connectivity index (χ2n) is 6.72. The van der Waals surface area contributed by atoms with Crippen molar-refractivity contribution in [3.8, 4) is 10.4 Å². The molecule has 0 N–H and O–H groups in total. The van der Waals surface area contributed by atoms with Crippen molar-refractivity contribution in [2.45, 2.75) is 25.8 Å². The van der Waals surface area contributed by atoms with Crippen LogP contribution < -0.4 is 0 Å². The monoisotopic (exact) mass is 348 g/mol. The summed E-state index contributed by atoms with van der Waals surface area (Å²) in [6, 6.07) is 18.1. The van der Waals surface area contributed by atoms with E-state index in [1.54, 1.807) is 0 Å². The summed E-state index contributed by atoms with van der Waals surface area (Å²) in [4.78, 5) is 6.16. The van der Waals surface area contributed by atoms with E-state index >= 15 is 0 Å². The largest absolute Gasteiger partial charge is 0.381 e. The molecule has 0 unspecified atom stereocenters. The van der Waals surface area contributed by atoms with Gasteiger partial charge in [0, 0.05) is 28.8 Å². The molecule has 3 heterocycles. The van der Waals surface area contributed by atoms with Gasteiger partial charge in [-0.05, 0) is 55.0 Å². The Bertz CT molecular complexity index is 1020. The number of nitrogens with zero attached hydrogens (tertiary/aromatic N) is 2. The average molecular weight is 348 g/mol. The molecule has 0 amide bonds. The molecular weight excluding hydrogens is 328 g/mol. The van der Waals surface area contributed by atoms with Crippen molar-refractivity contribution in [2.24, 2.45) is 0 Å². The van der Waals surface area contributed by atoms with Crippen LogP contribution in [0, 0.1) is 6.92 Å². The summed E-state index contributed by atoms with van der Waals surface area (Å²) in [5, 5.41) is 1.31. The number of ether oxygens (including phenoxy) is 1. The summed E-state index contributed by atoms with van der Waals surface area (Å²) >= 11 is 1.85. The summed E-state index contributed by atoms with van der Waals surface area (Å²) in [5.74, 6) is 1.11. The Morgan fingerprint density at radius 1 is 1.08 bits per heavy atom. The van der Waals surface area contributed by atoms with Gasteiger partial charge in [0.15, 0.2) is 0 Å². The average Bonchev–Trinajstić information content (AvgIpc) is 3.21. The molecule has 3 nitrogen and oxygen atoms in total. The normalized spacial score (nSPS) is 16.0. The van der Waals surface area contributed by atoms with Gasteiger partial charge in [-0.2, -0.15) is 0 Å². The summed E-state index contributed by atoms with van der Waals surface area (Å²) < 4.78 is 9.27. The number of thiophene rings is 1. The molecule has 0 spiro atoms. The fraction of sp³-hybridized carbons (Fsp3) is 0.286. The molecule has 25 heavy (non-hydrogen) atoms. The van der Waals surface area contributed by atoms with Gasteiger partial charge in [-0.3, -0.25) is 0 Å². The third-order valence-corrected chi connectivity index (χ3v) is 6.30. The van der Waals surface area contributed by atoms with E-state index in [9.17, 15) is 0 Å². The van der Waals surface area contributed by atoms with E-state index in [-0.39, 0.29) is 0 Å². The van der Waals surface area contributed by atoms with E-state index in [4.69, 9.17) is 9.72 Å². The smallest absolute Gasteiger partial charge is 0.106 e. The van der Waals surface area contributed by atoms with Crippen LogP contribution in [0.25, 0.3) is 31.6 Å². The molecule has 1 fully saturated rings. The predicted octanol–water partition coefficient (Wildman–Crippen LogP) is 5.58. The van der Waals surface area contributed by atoms with Gasteiger partial charge >= 0.3 is 0 Å². The second-order valence-corrected chi connectivity index (χ2v) is 7.81. The standard InChI is InChI=1S/C21H20N2OS/c1-14-22-18-12-16(21-13-15-4-2-3-5-20(15)25-21)6-7-19(18)23(14)17-8-10-24-11-9-17/h2-7,12-13,17H,8-11H2,1H3. The van der Waals surface area contributed by atoms with Crippen LogP contribution in [0.5, 0.6) is 0 Å². The van der Waals surface area contributed by atoms with Crippen LogP contribution in [0.15, 0.2) is 48.5 Å². The van der Waals surface area contributed by atoms with Crippen molar-refractivity contribution in [3.63, 3.8) is 0 Å². The number of hydrogen-bond donors (Lipinski definition) is 0. The zero-order valence-corrected chi connectivity index (χ0v) is 15.1. The number of imidazole rings is 1. The Labute approximate surface area is 150 Å². The van der Waals surface area contributed by atoms with Gasteiger partial charge in [-0.1, -0.05) is 24.3 Å². The van der Waals surface area contributed by atoms with Crippen LogP contribution in [0.2, 0.25) is 0 Å². The van der Waals surface area contributed by atoms with E-state index in [1.165, 1.54) is 26.0 Å². The maximum Gasteiger partial charge on any atom is 0.106 e. The molecule has 2 aromatic heterocycles. The summed E-state index contributed by atoms with van der Waals surface area (Å²) in [5.41, 5.74) is 3.60. The van der Waals surface area contributed by atoms with Gasteiger partial charge in [-0.15, -0.1) is 11.3 Å². The minimum atomic E-state index is 0.508. The third kappa shape index (κ3) is 2.57. The van der Waals surface area contributed by atoms with Crippen LogP contribution in [0.3, 0.4) is 0 Å². The molecule has 1 aliphatic heterocycles. The van der Waals surface area contributed by atoms with Gasteiger partial charge in [0.1, 0.15) is 5.82 Å². The highest BCUT2D eigenvalue weighted by Crippen LogP contribution is 2.35. The van der Waals surface area contributed by atoms with Crippen molar-refractivity contribution in [2.75, 3.05) is 13.2 Å². The molecule has 1 saturated heterocycles. The van der Waals surface area contributed by atoms with Gasteiger partial charge in [-0.25, -0.2) is 4.98 Å². The van der Waals surface area contributed by atoms with Gasteiger partial charge in [0.05, 0.1) is 11.0 Å². The lowest BCUT2D eigenvalue weighted by Crippen LogP contribution is -2.20. The minimum absolute atomic E-state index is 0.508. The van der Waals surface area contributed by atoms with Gasteiger partial charge in [0.2, 0.25) is 0 Å². The van der Waals surface area contributed by atoms with Crippen LogP contribution in [-0.4, -0.2) is 22.8 Å². The molecule has 0 saturated carbocycles. The SMILES string of the molecule is Cc1nc2cc(-c3cc4ccccc4s3)ccc2n1C1CCOCC1. The van der Waals surface area contributed by atoms with E-state index in [0.29, 0.717) is 6.04 Å². The fourth-order valence-electron chi connectivity index (χ4n) is 3.90. The minimum Gasteiger partial charge on any atom is -0.381 e. The lowest BCUT2D eigenvalue weighted by Gasteiger charge is -2.25. The highest BCUT2D eigenvalue weighted by atomic mass is 32.1. The maximum absolute atomic E-state index is 5.52. The summed E-state index contributed by atoms with van der Waals surface area (Å²) in [7, 11) is 0. The molecule has 1 aliphatic rings. The van der Waals surface area contributed by atoms with Crippen LogP contribution >= 0.6 is 11.3 Å². The first-order valence-corrected chi connectivity index (χ1v) is 9.66. The summed E-state index contributed by atoms with van der Waals surface area (Å²) in [6.45, 7) is 3.82. The second kappa shape index (κ2) is 5.97. The Morgan fingerprint density at radius 3 is 2.76 bits per heavy atom. The van der Waals surface area contributed by atoms with Crippen molar-refractivity contribution in [3.05, 3.63) is 54.4 Å². The van der Waals surface area contributed by atoms with Crippen molar-refractivity contribution in [1.29, 1.82) is 0 Å². The van der Waals surface area contributed by atoms with Crippen molar-refractivity contribution >= 4 is 32.5 Å². The molecule has 2 aromatic carbocycles. The predicted molar refractivity (Wildman–Crippen MR) is 104 cm³/mol. The molecule has 4 heteroatoms. The quantitative estimate of drug-likeness (QED) is 0.473. The molecule has 4 aromatic rings. The lowest BCUT2D eigenvalue weighted by molar-refractivity contribution is 0.0701. The van der Waals surface area contributed by atoms with Gasteiger partial charge < -0.3 is 9.30 Å². The van der Waals surface area contributed by atoms with Gasteiger partial charge in [0.25, 0.3) is 0 Å². The summed E-state index contributed by atoms with van der Waals surface area (Å²) in [6.07, 6.45) is 2.15. The fourth-order valence-corrected chi connectivity index (χ4v) is 4.96. The van der Waals surface area contributed by atoms with E-state index in [2.05, 4.69) is 60.0 Å². The topological polar surface area (TPSA) is 27.1 Å². The highest BCUT2D eigenvalue weighted by Gasteiger charge is 2.20. The van der Waals surface area contributed by atoms with Crippen molar-refractivity contribution < 1.29 is 4.74 Å². The Morgan fingerprint density at radius 2 is 1.92 bits per heavy atom. The Kier molecular flexibility index (Phi) is 3.61. The first kappa shape index (κ1) is 15.1. The molecule has 126 valence electrons. The van der Waals surface area contributed by atoms with E-state index in [1.807, 2.05) is 11.3 Å². The Hall–Kier alpha value is -2.17. The number of rotatable bonds is 2. The third-order valence-electron chi connectivity index (χ3n) is 5.13. The lowest BCUT2D eigenvalue weighted by atomic mass is 10.1. The zero-order chi connectivity index (χ0) is 16.8. The number of fused-ring (bicyclic) bond motifs is 2. The van der Waals surface area contributed by atoms with Crippen LogP contribution in [-0.2, 0) is 4.74 Å². The van der Waals surface area contributed by atoms with Crippen LogP contribution in [0.4, 0.5) is 0 Å². The first-order chi connectivity index (χ1) is 12.3. The maximum atomic E-state index is 5.52. The molecular formula is C21H20N2OS. The highest BCUT2D eigenvalue weighted by molar-refractivity contribution is 7.22. The molecule has 0 radical (unpaired) electrons. The van der Waals surface area contributed by atoms with E-state index < -0.39 is 0 Å².